The average Bonchev–Trinajstić information content (AvgIpc) is 2.23. The fraction of sp³-hybridized carbons (Fsp3) is 0.538. The minimum absolute atomic E-state index is 0.301. The molecular formula is C13H16F3NO3. The Morgan fingerprint density at radius 2 is 1.85 bits per heavy atom. The summed E-state index contributed by atoms with van der Waals surface area (Å²) in [5.74, 6) is -0.652. The zero-order valence-electron chi connectivity index (χ0n) is 11.5. The van der Waals surface area contributed by atoms with Crippen molar-refractivity contribution in [2.75, 3.05) is 0 Å². The van der Waals surface area contributed by atoms with E-state index >= 15 is 0 Å². The van der Waals surface area contributed by atoms with Crippen LogP contribution in [0.2, 0.25) is 0 Å². The maximum atomic E-state index is 12.7. The van der Waals surface area contributed by atoms with E-state index in [1.54, 1.807) is 20.8 Å². The van der Waals surface area contributed by atoms with Crippen LogP contribution in [0.3, 0.4) is 0 Å². The molecule has 0 bridgehead atoms. The van der Waals surface area contributed by atoms with Crippen molar-refractivity contribution >= 4 is 5.97 Å². The van der Waals surface area contributed by atoms with E-state index in [0.29, 0.717) is 4.57 Å². The number of carbonyl (C=O) groups excluding carboxylic acids is 1. The molecule has 0 N–H and O–H groups in total. The van der Waals surface area contributed by atoms with Crippen molar-refractivity contribution in [3.63, 3.8) is 0 Å². The third kappa shape index (κ3) is 4.71. The van der Waals surface area contributed by atoms with E-state index in [-0.39, 0.29) is 13.0 Å². The van der Waals surface area contributed by atoms with E-state index in [2.05, 4.69) is 0 Å². The number of carbonyl (C=O) groups is 1. The molecule has 0 amide bonds. The number of aromatic nitrogens is 1. The monoisotopic (exact) mass is 291 g/mol. The molecule has 1 rings (SSSR count). The molecule has 0 saturated heterocycles. The third-order valence-corrected chi connectivity index (χ3v) is 2.30. The van der Waals surface area contributed by atoms with Gasteiger partial charge in [0.05, 0.1) is 6.42 Å². The van der Waals surface area contributed by atoms with Crippen molar-refractivity contribution in [1.82, 2.24) is 4.57 Å². The van der Waals surface area contributed by atoms with Crippen molar-refractivity contribution in [2.24, 2.45) is 0 Å². The Morgan fingerprint density at radius 1 is 1.25 bits per heavy atom. The van der Waals surface area contributed by atoms with Gasteiger partial charge in [-0.05, 0) is 26.8 Å². The Kier molecular flexibility index (Phi) is 4.62. The third-order valence-electron chi connectivity index (χ3n) is 2.30. The zero-order valence-corrected chi connectivity index (χ0v) is 11.5. The number of nitrogens with zero attached hydrogens (tertiary/aromatic N) is 1. The lowest BCUT2D eigenvalue weighted by molar-refractivity contribution is -0.156. The van der Waals surface area contributed by atoms with Crippen LogP contribution in [0.15, 0.2) is 23.0 Å². The molecule has 0 atom stereocenters. The number of alkyl halides is 3. The number of rotatable bonds is 3. The molecule has 20 heavy (non-hydrogen) atoms. The molecule has 1 aromatic heterocycles. The summed E-state index contributed by atoms with van der Waals surface area (Å²) in [6.45, 7) is 4.59. The van der Waals surface area contributed by atoms with Crippen molar-refractivity contribution in [1.29, 1.82) is 0 Å². The summed E-state index contributed by atoms with van der Waals surface area (Å²) < 4.78 is 43.8. The van der Waals surface area contributed by atoms with Gasteiger partial charge in [0.25, 0.3) is 5.56 Å². The topological polar surface area (TPSA) is 48.3 Å². The first kappa shape index (κ1) is 16.3. The van der Waals surface area contributed by atoms with Gasteiger partial charge in [0.15, 0.2) is 0 Å². The highest BCUT2D eigenvalue weighted by Crippen LogP contribution is 2.28. The van der Waals surface area contributed by atoms with E-state index in [1.807, 2.05) is 0 Å². The number of hydrogen-bond acceptors (Lipinski definition) is 3. The minimum atomic E-state index is -4.64. The molecule has 0 aromatic carbocycles. The van der Waals surface area contributed by atoms with Crippen molar-refractivity contribution in [3.8, 4) is 0 Å². The van der Waals surface area contributed by atoms with Gasteiger partial charge in [0.1, 0.15) is 11.3 Å². The maximum Gasteiger partial charge on any atom is 0.431 e. The quantitative estimate of drug-likeness (QED) is 0.804. The average molecular weight is 291 g/mol. The van der Waals surface area contributed by atoms with Crippen LogP contribution in [-0.4, -0.2) is 16.1 Å². The molecule has 0 aliphatic rings. The highest BCUT2D eigenvalue weighted by atomic mass is 19.4. The summed E-state index contributed by atoms with van der Waals surface area (Å²) >= 11 is 0. The lowest BCUT2D eigenvalue weighted by Crippen LogP contribution is -2.30. The number of ether oxygens (including phenoxy) is 1. The Bertz CT molecular complexity index is 541. The van der Waals surface area contributed by atoms with Gasteiger partial charge < -0.3 is 9.30 Å². The predicted octanol–water partition coefficient (Wildman–Crippen LogP) is 2.60. The van der Waals surface area contributed by atoms with E-state index < -0.39 is 29.0 Å². The van der Waals surface area contributed by atoms with Gasteiger partial charge >= 0.3 is 12.1 Å². The molecule has 7 heteroatoms. The SMILES string of the molecule is CC(C)(C)OC(=O)CCn1c(C(F)(F)F)cccc1=O. The molecule has 0 aliphatic carbocycles. The molecule has 0 spiro atoms. The molecule has 0 unspecified atom stereocenters. The van der Waals surface area contributed by atoms with Crippen LogP contribution in [-0.2, 0) is 22.3 Å². The molecule has 0 aliphatic heterocycles. The molecule has 0 saturated carbocycles. The predicted molar refractivity (Wildman–Crippen MR) is 66.2 cm³/mol. The van der Waals surface area contributed by atoms with Gasteiger partial charge in [-0.3, -0.25) is 9.59 Å². The highest BCUT2D eigenvalue weighted by molar-refractivity contribution is 5.69. The second-order valence-corrected chi connectivity index (χ2v) is 5.24. The van der Waals surface area contributed by atoms with Crippen LogP contribution in [0.5, 0.6) is 0 Å². The zero-order chi connectivity index (χ0) is 15.6. The van der Waals surface area contributed by atoms with Crippen LogP contribution in [0, 0.1) is 0 Å². The first-order valence-electron chi connectivity index (χ1n) is 5.99. The first-order valence-corrected chi connectivity index (χ1v) is 5.99. The van der Waals surface area contributed by atoms with E-state index in [4.69, 9.17) is 4.74 Å². The number of halogens is 3. The van der Waals surface area contributed by atoms with Gasteiger partial charge in [0.2, 0.25) is 0 Å². The summed E-state index contributed by atoms with van der Waals surface area (Å²) in [4.78, 5) is 23.0. The minimum Gasteiger partial charge on any atom is -0.460 e. The van der Waals surface area contributed by atoms with Crippen molar-refractivity contribution < 1.29 is 22.7 Å². The Labute approximate surface area is 114 Å². The fourth-order valence-corrected chi connectivity index (χ4v) is 1.59. The molecule has 4 nitrogen and oxygen atoms in total. The molecule has 0 radical (unpaired) electrons. The molecule has 1 heterocycles. The van der Waals surface area contributed by atoms with Crippen LogP contribution in [0.1, 0.15) is 32.9 Å². The second kappa shape index (κ2) is 5.68. The van der Waals surface area contributed by atoms with E-state index in [9.17, 15) is 22.8 Å². The van der Waals surface area contributed by atoms with Gasteiger partial charge in [-0.2, -0.15) is 13.2 Å². The van der Waals surface area contributed by atoms with Crippen LogP contribution in [0.4, 0.5) is 13.2 Å². The van der Waals surface area contributed by atoms with E-state index in [1.165, 1.54) is 0 Å². The summed E-state index contributed by atoms with van der Waals surface area (Å²) in [5.41, 5.74) is -2.59. The van der Waals surface area contributed by atoms with Gasteiger partial charge in [-0.25, -0.2) is 0 Å². The number of pyridine rings is 1. The van der Waals surface area contributed by atoms with Crippen molar-refractivity contribution in [3.05, 3.63) is 34.2 Å². The second-order valence-electron chi connectivity index (χ2n) is 5.24. The fourth-order valence-electron chi connectivity index (χ4n) is 1.59. The first-order chi connectivity index (χ1) is 9.00. The number of hydrogen-bond donors (Lipinski definition) is 0. The highest BCUT2D eigenvalue weighted by Gasteiger charge is 2.34. The summed E-state index contributed by atoms with van der Waals surface area (Å²) in [6, 6.07) is 2.86. The summed E-state index contributed by atoms with van der Waals surface area (Å²) in [7, 11) is 0. The Morgan fingerprint density at radius 3 is 2.35 bits per heavy atom. The lowest BCUT2D eigenvalue weighted by Gasteiger charge is -2.20. The number of esters is 1. The van der Waals surface area contributed by atoms with Crippen molar-refractivity contribution in [2.45, 2.75) is 45.5 Å². The largest absolute Gasteiger partial charge is 0.460 e. The van der Waals surface area contributed by atoms with E-state index in [0.717, 1.165) is 18.2 Å². The lowest BCUT2D eigenvalue weighted by atomic mass is 10.2. The summed E-state index contributed by atoms with van der Waals surface area (Å²) in [6.07, 6.45) is -4.95. The Hall–Kier alpha value is -1.79. The summed E-state index contributed by atoms with van der Waals surface area (Å²) in [5, 5.41) is 0. The van der Waals surface area contributed by atoms with Crippen LogP contribution >= 0.6 is 0 Å². The molecule has 1 aromatic rings. The standard InChI is InChI=1S/C13H16F3NO3/c1-12(2,3)20-11(19)7-8-17-9(13(14,15)16)5-4-6-10(17)18/h4-6H,7-8H2,1-3H3. The van der Waals surface area contributed by atoms with Gasteiger partial charge in [0, 0.05) is 12.6 Å². The normalized spacial score (nSPS) is 12.3. The molecular weight excluding hydrogens is 275 g/mol. The maximum absolute atomic E-state index is 12.7. The molecule has 112 valence electrons. The smallest absolute Gasteiger partial charge is 0.431 e. The van der Waals surface area contributed by atoms with Crippen LogP contribution < -0.4 is 5.56 Å². The Balaban J connectivity index is 2.89. The van der Waals surface area contributed by atoms with Gasteiger partial charge in [-0.1, -0.05) is 6.07 Å². The van der Waals surface area contributed by atoms with Gasteiger partial charge in [-0.15, -0.1) is 0 Å². The molecule has 0 fully saturated rings. The van der Waals surface area contributed by atoms with Crippen LogP contribution in [0.25, 0.3) is 0 Å².